The van der Waals surface area contributed by atoms with Gasteiger partial charge in [-0.05, 0) is 100 Å². The van der Waals surface area contributed by atoms with Crippen molar-refractivity contribution in [2.45, 2.75) is 24.8 Å². The molecule has 1 aliphatic carbocycles. The fraction of sp³-hybridized carbons (Fsp3) is 0.0714. The molecule has 0 saturated heterocycles. The van der Waals surface area contributed by atoms with Gasteiger partial charge in [-0.25, -0.2) is 4.99 Å². The Bertz CT molecular complexity index is 3360. The zero-order valence-electron chi connectivity index (χ0n) is 33.0. The number of fused-ring (bicyclic) bond motifs is 7. The number of aliphatic imine (C=N–C) groups is 2. The fourth-order valence-corrected chi connectivity index (χ4v) is 9.69. The standard InChI is InChI=1S/C56H40N4/c1-3-14-38(15-4-1)50-36-51(58-56(57-50)43-24-23-37-13-7-8-16-40(37)33-43)39-25-29-45(30-26-39)60-53-22-12-10-20-47(53)49-35-42(28-32-55(49)60)41-27-31-54-48(34-41)46-19-9-11-21-52(46)59(54)44-17-5-2-6-18-44/h1-34,42,50H,35-36H2. The van der Waals surface area contributed by atoms with Gasteiger partial charge in [-0.15, -0.1) is 0 Å². The third-order valence-corrected chi connectivity index (χ3v) is 12.6. The molecule has 4 nitrogen and oxygen atoms in total. The molecule has 8 aromatic carbocycles. The molecule has 4 heteroatoms. The van der Waals surface area contributed by atoms with Crippen LogP contribution < -0.4 is 0 Å². The van der Waals surface area contributed by atoms with E-state index in [2.05, 4.69) is 215 Å². The Labute approximate surface area is 348 Å². The van der Waals surface area contributed by atoms with E-state index in [1.165, 1.54) is 71.6 Å². The van der Waals surface area contributed by atoms with E-state index >= 15 is 0 Å². The molecule has 284 valence electrons. The highest BCUT2D eigenvalue weighted by atomic mass is 15.0. The van der Waals surface area contributed by atoms with E-state index in [0.717, 1.165) is 41.2 Å². The smallest absolute Gasteiger partial charge is 0.155 e. The van der Waals surface area contributed by atoms with Crippen LogP contribution in [0.3, 0.4) is 0 Å². The second kappa shape index (κ2) is 14.1. The van der Waals surface area contributed by atoms with Gasteiger partial charge in [-0.2, -0.15) is 0 Å². The minimum Gasteiger partial charge on any atom is -0.310 e. The maximum absolute atomic E-state index is 5.25. The van der Waals surface area contributed by atoms with Crippen molar-refractivity contribution in [3.63, 3.8) is 0 Å². The molecule has 2 atom stereocenters. The highest BCUT2D eigenvalue weighted by Gasteiger charge is 2.26. The van der Waals surface area contributed by atoms with Crippen molar-refractivity contribution >= 4 is 61.1 Å². The van der Waals surface area contributed by atoms with Crippen LogP contribution in [0.25, 0.3) is 60.9 Å². The largest absolute Gasteiger partial charge is 0.310 e. The van der Waals surface area contributed by atoms with Gasteiger partial charge < -0.3 is 9.13 Å². The Morgan fingerprint density at radius 2 is 1.10 bits per heavy atom. The average Bonchev–Trinajstić information content (AvgIpc) is 3.84. The van der Waals surface area contributed by atoms with Crippen LogP contribution in [0.2, 0.25) is 0 Å². The van der Waals surface area contributed by atoms with Gasteiger partial charge in [0.25, 0.3) is 0 Å². The highest BCUT2D eigenvalue weighted by molar-refractivity contribution is 6.15. The van der Waals surface area contributed by atoms with Gasteiger partial charge in [-0.3, -0.25) is 4.99 Å². The van der Waals surface area contributed by atoms with Gasteiger partial charge in [0.2, 0.25) is 0 Å². The number of nitrogens with zero attached hydrogens (tertiary/aromatic N) is 4. The van der Waals surface area contributed by atoms with Crippen molar-refractivity contribution in [2.75, 3.05) is 0 Å². The lowest BCUT2D eigenvalue weighted by atomic mass is 9.86. The minimum absolute atomic E-state index is 0.0124. The number of para-hydroxylation sites is 3. The van der Waals surface area contributed by atoms with Crippen LogP contribution in [0.5, 0.6) is 0 Å². The van der Waals surface area contributed by atoms with Crippen LogP contribution in [-0.4, -0.2) is 20.7 Å². The number of allylic oxidation sites excluding steroid dienone is 1. The van der Waals surface area contributed by atoms with Gasteiger partial charge in [0, 0.05) is 51.1 Å². The molecule has 10 aromatic rings. The van der Waals surface area contributed by atoms with Crippen LogP contribution in [0.4, 0.5) is 0 Å². The quantitative estimate of drug-likeness (QED) is 0.161. The lowest BCUT2D eigenvalue weighted by molar-refractivity contribution is 0.753. The third kappa shape index (κ3) is 5.75. The predicted octanol–water partition coefficient (Wildman–Crippen LogP) is 13.6. The number of rotatable bonds is 6. The second-order valence-corrected chi connectivity index (χ2v) is 16.1. The van der Waals surface area contributed by atoms with Crippen LogP contribution in [0, 0.1) is 0 Å². The summed E-state index contributed by atoms with van der Waals surface area (Å²) in [4.78, 5) is 10.5. The number of aromatic nitrogens is 2. The van der Waals surface area contributed by atoms with Gasteiger partial charge in [0.15, 0.2) is 5.84 Å². The normalized spacial score (nSPS) is 16.3. The van der Waals surface area contributed by atoms with Crippen molar-refractivity contribution in [2.24, 2.45) is 9.98 Å². The van der Waals surface area contributed by atoms with Crippen LogP contribution in [-0.2, 0) is 6.42 Å². The monoisotopic (exact) mass is 768 g/mol. The first-order chi connectivity index (χ1) is 29.7. The van der Waals surface area contributed by atoms with E-state index in [0.29, 0.717) is 0 Å². The van der Waals surface area contributed by atoms with Crippen LogP contribution in [0.15, 0.2) is 210 Å². The molecule has 0 saturated carbocycles. The molecule has 0 spiro atoms. The SMILES string of the molecule is C1=CC(c2ccc3c(c2)c2ccccc2n3-c2ccccc2)Cc2c1n(-c1ccc(C3=NC(c4ccc5ccccc5c4)=NC(c4ccccc4)C3)cc1)c1ccccc21. The van der Waals surface area contributed by atoms with Gasteiger partial charge in [-0.1, -0.05) is 146 Å². The summed E-state index contributed by atoms with van der Waals surface area (Å²) >= 11 is 0. The Balaban J connectivity index is 0.898. The first-order valence-corrected chi connectivity index (χ1v) is 20.9. The molecule has 12 rings (SSSR count). The van der Waals surface area contributed by atoms with Crippen molar-refractivity contribution in [1.29, 1.82) is 0 Å². The number of benzene rings is 8. The summed E-state index contributed by atoms with van der Waals surface area (Å²) in [5.41, 5.74) is 14.4. The third-order valence-electron chi connectivity index (χ3n) is 12.6. The average molecular weight is 769 g/mol. The second-order valence-electron chi connectivity index (χ2n) is 16.1. The van der Waals surface area contributed by atoms with E-state index < -0.39 is 0 Å². The minimum atomic E-state index is -0.0124. The van der Waals surface area contributed by atoms with Crippen molar-refractivity contribution in [3.8, 4) is 11.4 Å². The molecule has 2 unspecified atom stereocenters. The van der Waals surface area contributed by atoms with E-state index in [1.54, 1.807) is 0 Å². The molecule has 1 aliphatic heterocycles. The lowest BCUT2D eigenvalue weighted by Crippen LogP contribution is -2.17. The molecule has 0 N–H and O–H groups in total. The van der Waals surface area contributed by atoms with E-state index in [4.69, 9.17) is 9.98 Å². The molecular weight excluding hydrogens is 729 g/mol. The Morgan fingerprint density at radius 1 is 0.450 bits per heavy atom. The Hall–Kier alpha value is -7.56. The van der Waals surface area contributed by atoms with Crippen molar-refractivity contribution in [1.82, 2.24) is 9.13 Å². The van der Waals surface area contributed by atoms with E-state index in [9.17, 15) is 0 Å². The number of amidine groups is 1. The molecule has 2 aromatic heterocycles. The summed E-state index contributed by atoms with van der Waals surface area (Å²) in [5, 5.41) is 6.29. The molecule has 0 fully saturated rings. The lowest BCUT2D eigenvalue weighted by Gasteiger charge is -2.22. The molecule has 0 bridgehead atoms. The number of hydrogen-bond acceptors (Lipinski definition) is 2. The summed E-state index contributed by atoms with van der Waals surface area (Å²) < 4.78 is 4.83. The van der Waals surface area contributed by atoms with Gasteiger partial charge in [0.1, 0.15) is 0 Å². The predicted molar refractivity (Wildman–Crippen MR) is 250 cm³/mol. The highest BCUT2D eigenvalue weighted by Crippen LogP contribution is 2.41. The van der Waals surface area contributed by atoms with E-state index in [1.807, 2.05) is 0 Å². The maximum atomic E-state index is 5.25. The van der Waals surface area contributed by atoms with Crippen LogP contribution >= 0.6 is 0 Å². The fourth-order valence-electron chi connectivity index (χ4n) is 9.69. The first-order valence-electron chi connectivity index (χ1n) is 20.9. The summed E-state index contributed by atoms with van der Waals surface area (Å²) in [6, 6.07) is 70.1. The summed E-state index contributed by atoms with van der Waals surface area (Å²) in [5.74, 6) is 1.05. The first kappa shape index (κ1) is 34.5. The molecule has 0 amide bonds. The number of hydrogen-bond donors (Lipinski definition) is 0. The summed E-state index contributed by atoms with van der Waals surface area (Å²) in [7, 11) is 0. The molecular formula is C56H40N4. The Kier molecular flexibility index (Phi) is 8.09. The maximum Gasteiger partial charge on any atom is 0.155 e. The zero-order chi connectivity index (χ0) is 39.6. The Morgan fingerprint density at radius 3 is 1.92 bits per heavy atom. The molecule has 3 heterocycles. The molecule has 2 aliphatic rings. The van der Waals surface area contributed by atoms with E-state index in [-0.39, 0.29) is 12.0 Å². The topological polar surface area (TPSA) is 34.6 Å². The molecule has 60 heavy (non-hydrogen) atoms. The van der Waals surface area contributed by atoms with Crippen LogP contribution in [0.1, 0.15) is 51.9 Å². The van der Waals surface area contributed by atoms with Gasteiger partial charge in [0.05, 0.1) is 28.3 Å². The molecule has 0 radical (unpaired) electrons. The van der Waals surface area contributed by atoms with Crippen molar-refractivity contribution in [3.05, 3.63) is 234 Å². The van der Waals surface area contributed by atoms with Gasteiger partial charge >= 0.3 is 0 Å². The summed E-state index contributed by atoms with van der Waals surface area (Å²) in [6.45, 7) is 0. The zero-order valence-corrected chi connectivity index (χ0v) is 33.0. The summed E-state index contributed by atoms with van der Waals surface area (Å²) in [6.07, 6.45) is 6.45. The van der Waals surface area contributed by atoms with Crippen molar-refractivity contribution < 1.29 is 0 Å².